The number of benzene rings is 2. The number of nitrogens with zero attached hydrogens (tertiary/aromatic N) is 1. The van der Waals surface area contributed by atoms with Crippen LogP contribution in [0.2, 0.25) is 0 Å². The van der Waals surface area contributed by atoms with Gasteiger partial charge in [0.05, 0.1) is 19.6 Å². The van der Waals surface area contributed by atoms with Crippen LogP contribution in [-0.4, -0.2) is 30.7 Å². The number of rotatable bonds is 0. The predicted octanol–water partition coefficient (Wildman–Crippen LogP) is 1.58. The molecule has 2 aromatic rings. The van der Waals surface area contributed by atoms with E-state index in [1.165, 1.54) is 59.8 Å². The standard InChI is InChI=1S/C21H24N.BrH/c1-15-18-9-8-16-6-2-3-7-19(16)20(18)12-17-13-22(14-21(15)17)10-4-5-11-22;/h2-3,6-9,12,15,21H,4-5,10-11,13-14H2,1H3;1H/q+1;/p-1. The Kier molecular flexibility index (Phi) is 3.66. The molecular formula is C21H24BrN. The zero-order valence-electron chi connectivity index (χ0n) is 13.8. The molecule has 2 heterocycles. The molecule has 0 saturated carbocycles. The summed E-state index contributed by atoms with van der Waals surface area (Å²) in [5.41, 5.74) is 4.82. The van der Waals surface area contributed by atoms with Gasteiger partial charge in [-0.25, -0.2) is 0 Å². The molecule has 2 atom stereocenters. The SMILES string of the molecule is CC1c2ccc3ccccc3c2C=C2C[N+]3(CCCC3)CC21.[Br-]. The summed E-state index contributed by atoms with van der Waals surface area (Å²) in [7, 11) is 0. The average Bonchev–Trinajstić information content (AvgIpc) is 3.14. The van der Waals surface area contributed by atoms with Gasteiger partial charge in [-0.2, -0.15) is 0 Å². The van der Waals surface area contributed by atoms with Gasteiger partial charge in [0.15, 0.2) is 0 Å². The third-order valence-corrected chi connectivity index (χ3v) is 6.52. The van der Waals surface area contributed by atoms with Crippen molar-refractivity contribution in [1.82, 2.24) is 0 Å². The Hall–Kier alpha value is -1.12. The second kappa shape index (κ2) is 5.46. The number of fused-ring (bicyclic) bond motifs is 4. The average molecular weight is 370 g/mol. The summed E-state index contributed by atoms with van der Waals surface area (Å²) < 4.78 is 1.38. The molecule has 1 nitrogen and oxygen atoms in total. The molecule has 3 aliphatic rings. The van der Waals surface area contributed by atoms with Crippen LogP contribution in [0.5, 0.6) is 0 Å². The van der Waals surface area contributed by atoms with Gasteiger partial charge in [0.1, 0.15) is 6.54 Å². The Balaban J connectivity index is 0.00000135. The maximum absolute atomic E-state index is 2.56. The molecule has 2 aliphatic heterocycles. The van der Waals surface area contributed by atoms with E-state index in [-0.39, 0.29) is 17.0 Å². The summed E-state index contributed by atoms with van der Waals surface area (Å²) in [6, 6.07) is 13.6. The van der Waals surface area contributed by atoms with Gasteiger partial charge in [0, 0.05) is 18.8 Å². The van der Waals surface area contributed by atoms with Crippen molar-refractivity contribution < 1.29 is 21.5 Å². The molecule has 1 aliphatic carbocycles. The van der Waals surface area contributed by atoms with E-state index in [0.29, 0.717) is 5.92 Å². The minimum atomic E-state index is 0. The van der Waals surface area contributed by atoms with Crippen LogP contribution >= 0.6 is 0 Å². The van der Waals surface area contributed by atoms with Gasteiger partial charge in [-0.1, -0.05) is 43.3 Å². The van der Waals surface area contributed by atoms with Crippen molar-refractivity contribution in [1.29, 1.82) is 0 Å². The lowest BCUT2D eigenvalue weighted by Crippen LogP contribution is -3.00. The monoisotopic (exact) mass is 369 g/mol. The molecule has 0 radical (unpaired) electrons. The first kappa shape index (κ1) is 15.4. The highest BCUT2D eigenvalue weighted by Crippen LogP contribution is 2.47. The fourth-order valence-electron chi connectivity index (χ4n) is 5.36. The van der Waals surface area contributed by atoms with Crippen molar-refractivity contribution in [2.24, 2.45) is 5.92 Å². The topological polar surface area (TPSA) is 0 Å². The van der Waals surface area contributed by atoms with E-state index in [0.717, 1.165) is 5.92 Å². The molecule has 2 aromatic carbocycles. The van der Waals surface area contributed by atoms with Gasteiger partial charge < -0.3 is 21.5 Å². The van der Waals surface area contributed by atoms with Crippen molar-refractivity contribution >= 4 is 16.8 Å². The van der Waals surface area contributed by atoms with Crippen LogP contribution in [0.15, 0.2) is 42.0 Å². The van der Waals surface area contributed by atoms with Crippen LogP contribution in [0, 0.1) is 5.92 Å². The lowest BCUT2D eigenvalue weighted by molar-refractivity contribution is -0.904. The van der Waals surface area contributed by atoms with Crippen LogP contribution in [0.1, 0.15) is 36.8 Å². The molecule has 1 spiro atoms. The maximum Gasteiger partial charge on any atom is 0.101 e. The third-order valence-electron chi connectivity index (χ3n) is 6.52. The molecule has 2 unspecified atom stereocenters. The summed E-state index contributed by atoms with van der Waals surface area (Å²) in [6.45, 7) is 8.00. The zero-order valence-corrected chi connectivity index (χ0v) is 15.3. The molecule has 0 amide bonds. The van der Waals surface area contributed by atoms with Gasteiger partial charge in [-0.3, -0.25) is 0 Å². The van der Waals surface area contributed by atoms with Gasteiger partial charge in [0.2, 0.25) is 0 Å². The minimum absolute atomic E-state index is 0. The summed E-state index contributed by atoms with van der Waals surface area (Å²) in [5, 5.41) is 2.82. The van der Waals surface area contributed by atoms with E-state index in [9.17, 15) is 0 Å². The smallest absolute Gasteiger partial charge is 0.101 e. The van der Waals surface area contributed by atoms with Crippen molar-refractivity contribution in [2.75, 3.05) is 26.2 Å². The van der Waals surface area contributed by atoms with Crippen LogP contribution < -0.4 is 17.0 Å². The summed E-state index contributed by atoms with van der Waals surface area (Å²) in [5.74, 6) is 1.46. The largest absolute Gasteiger partial charge is 1.00 e. The molecule has 23 heavy (non-hydrogen) atoms. The fourth-order valence-corrected chi connectivity index (χ4v) is 5.36. The molecule has 5 rings (SSSR count). The predicted molar refractivity (Wildman–Crippen MR) is 92.8 cm³/mol. The van der Waals surface area contributed by atoms with Crippen LogP contribution in [0.4, 0.5) is 0 Å². The summed E-state index contributed by atoms with van der Waals surface area (Å²) in [6.07, 6.45) is 5.43. The van der Waals surface area contributed by atoms with E-state index >= 15 is 0 Å². The van der Waals surface area contributed by atoms with Crippen molar-refractivity contribution in [3.05, 3.63) is 53.1 Å². The quantitative estimate of drug-likeness (QED) is 0.618. The number of hydrogen-bond acceptors (Lipinski definition) is 0. The van der Waals surface area contributed by atoms with Crippen molar-refractivity contribution in [3.63, 3.8) is 0 Å². The first-order valence-corrected chi connectivity index (χ1v) is 8.83. The Morgan fingerprint density at radius 3 is 2.61 bits per heavy atom. The molecule has 120 valence electrons. The Bertz CT molecular complexity index is 786. The fraction of sp³-hybridized carbons (Fsp3) is 0.429. The lowest BCUT2D eigenvalue weighted by Gasteiger charge is -2.30. The van der Waals surface area contributed by atoms with Gasteiger partial charge >= 0.3 is 0 Å². The second-order valence-electron chi connectivity index (χ2n) is 7.74. The molecule has 2 fully saturated rings. The van der Waals surface area contributed by atoms with Crippen LogP contribution in [0.25, 0.3) is 16.8 Å². The lowest BCUT2D eigenvalue weighted by atomic mass is 9.76. The molecule has 2 heteroatoms. The molecular weight excluding hydrogens is 346 g/mol. The highest BCUT2D eigenvalue weighted by molar-refractivity contribution is 5.93. The normalized spacial score (nSPS) is 27.4. The Morgan fingerprint density at radius 2 is 1.78 bits per heavy atom. The first-order chi connectivity index (χ1) is 10.8. The molecule has 2 saturated heterocycles. The third kappa shape index (κ3) is 2.22. The molecule has 0 N–H and O–H groups in total. The van der Waals surface area contributed by atoms with Crippen LogP contribution in [-0.2, 0) is 0 Å². The highest BCUT2D eigenvalue weighted by atomic mass is 79.9. The van der Waals surface area contributed by atoms with E-state index in [2.05, 4.69) is 49.4 Å². The van der Waals surface area contributed by atoms with Gasteiger partial charge in [-0.15, -0.1) is 0 Å². The Labute approximate surface area is 149 Å². The van der Waals surface area contributed by atoms with Gasteiger partial charge in [0.25, 0.3) is 0 Å². The number of quaternary nitrogens is 1. The van der Waals surface area contributed by atoms with E-state index in [1.807, 2.05) is 0 Å². The van der Waals surface area contributed by atoms with Crippen LogP contribution in [0.3, 0.4) is 0 Å². The van der Waals surface area contributed by atoms with E-state index in [4.69, 9.17) is 0 Å². The maximum atomic E-state index is 2.56. The highest BCUT2D eigenvalue weighted by Gasteiger charge is 2.47. The van der Waals surface area contributed by atoms with Crippen molar-refractivity contribution in [3.8, 4) is 0 Å². The first-order valence-electron chi connectivity index (χ1n) is 8.83. The number of hydrogen-bond donors (Lipinski definition) is 0. The van der Waals surface area contributed by atoms with Crippen molar-refractivity contribution in [2.45, 2.75) is 25.7 Å². The summed E-state index contributed by atoms with van der Waals surface area (Å²) >= 11 is 0. The van der Waals surface area contributed by atoms with Gasteiger partial charge in [-0.05, 0) is 39.5 Å². The molecule has 0 aromatic heterocycles. The summed E-state index contributed by atoms with van der Waals surface area (Å²) in [4.78, 5) is 0. The zero-order chi connectivity index (χ0) is 14.7. The second-order valence-corrected chi connectivity index (χ2v) is 7.74. The molecule has 0 bridgehead atoms. The van der Waals surface area contributed by atoms with E-state index in [1.54, 1.807) is 11.1 Å². The minimum Gasteiger partial charge on any atom is -1.00 e. The number of halogens is 1. The Morgan fingerprint density at radius 1 is 1.00 bits per heavy atom. The van der Waals surface area contributed by atoms with E-state index < -0.39 is 0 Å².